The number of aryl methyl sites for hydroxylation is 1. The fraction of sp³-hybridized carbons (Fsp3) is 0.500. The molecular weight excluding hydrogens is 383 g/mol. The van der Waals surface area contributed by atoms with E-state index in [1.165, 1.54) is 17.4 Å². The van der Waals surface area contributed by atoms with Crippen molar-refractivity contribution in [2.75, 3.05) is 18.0 Å². The van der Waals surface area contributed by atoms with Crippen LogP contribution in [0, 0.1) is 12.3 Å². The molecule has 0 unspecified atom stereocenters. The van der Waals surface area contributed by atoms with E-state index in [1.807, 2.05) is 6.92 Å². The highest BCUT2D eigenvalue weighted by Gasteiger charge is 2.43. The van der Waals surface area contributed by atoms with E-state index in [0.29, 0.717) is 27.6 Å². The molecule has 0 bridgehead atoms. The van der Waals surface area contributed by atoms with Gasteiger partial charge in [0.25, 0.3) is 5.56 Å². The van der Waals surface area contributed by atoms with Crippen LogP contribution >= 0.6 is 23.2 Å². The summed E-state index contributed by atoms with van der Waals surface area (Å²) in [6, 6.07) is 7.16. The molecule has 2 heterocycles. The van der Waals surface area contributed by atoms with Crippen LogP contribution in [0.2, 0.25) is 10.0 Å². The van der Waals surface area contributed by atoms with Crippen molar-refractivity contribution in [1.29, 1.82) is 0 Å². The molecule has 1 spiro atoms. The first-order chi connectivity index (χ1) is 12.9. The average molecular weight is 407 g/mol. The molecule has 5 nitrogen and oxygen atoms in total. The van der Waals surface area contributed by atoms with E-state index in [2.05, 4.69) is 4.90 Å². The highest BCUT2D eigenvalue weighted by Crippen LogP contribution is 2.45. The number of nitrogens with zero attached hydrogens (tertiary/aromatic N) is 3. The summed E-state index contributed by atoms with van der Waals surface area (Å²) >= 11 is 12.4. The SMILES string of the molecule is Cc1nc(N2CCC3(CCC[C@H]3N)CC2)cc(=O)n1-c1cccc(Cl)c1Cl. The third kappa shape index (κ3) is 3.26. The first-order valence-electron chi connectivity index (χ1n) is 9.47. The number of halogens is 2. The smallest absolute Gasteiger partial charge is 0.260 e. The first kappa shape index (κ1) is 18.8. The molecule has 1 atom stereocenters. The van der Waals surface area contributed by atoms with Crippen LogP contribution in [-0.2, 0) is 0 Å². The molecule has 2 fully saturated rings. The molecule has 144 valence electrons. The van der Waals surface area contributed by atoms with Gasteiger partial charge in [0, 0.05) is 25.2 Å². The minimum Gasteiger partial charge on any atom is -0.356 e. The molecule has 1 aliphatic heterocycles. The molecule has 2 aliphatic rings. The molecule has 2 N–H and O–H groups in total. The summed E-state index contributed by atoms with van der Waals surface area (Å²) in [4.78, 5) is 19.7. The molecule has 1 saturated carbocycles. The Kier molecular flexibility index (Phi) is 4.95. The van der Waals surface area contributed by atoms with Gasteiger partial charge in [0.2, 0.25) is 0 Å². The van der Waals surface area contributed by atoms with Gasteiger partial charge in [0.15, 0.2) is 0 Å². The molecule has 1 aromatic heterocycles. The van der Waals surface area contributed by atoms with E-state index in [1.54, 1.807) is 24.3 Å². The van der Waals surface area contributed by atoms with Gasteiger partial charge in [-0.3, -0.25) is 9.36 Å². The molecule has 27 heavy (non-hydrogen) atoms. The predicted octanol–water partition coefficient (Wildman–Crippen LogP) is 3.95. The zero-order chi connectivity index (χ0) is 19.2. The number of aromatic nitrogens is 2. The van der Waals surface area contributed by atoms with Gasteiger partial charge in [-0.15, -0.1) is 0 Å². The molecule has 1 aliphatic carbocycles. The van der Waals surface area contributed by atoms with Crippen LogP contribution in [0.5, 0.6) is 0 Å². The highest BCUT2D eigenvalue weighted by molar-refractivity contribution is 6.43. The minimum atomic E-state index is -0.153. The zero-order valence-electron chi connectivity index (χ0n) is 15.4. The number of piperidine rings is 1. The minimum absolute atomic E-state index is 0.153. The van der Waals surface area contributed by atoms with Crippen molar-refractivity contribution in [3.63, 3.8) is 0 Å². The van der Waals surface area contributed by atoms with Crippen molar-refractivity contribution >= 4 is 29.0 Å². The van der Waals surface area contributed by atoms with E-state index in [-0.39, 0.29) is 11.0 Å². The summed E-state index contributed by atoms with van der Waals surface area (Å²) in [5, 5.41) is 0.771. The summed E-state index contributed by atoms with van der Waals surface area (Å²) in [5.41, 5.74) is 7.07. The number of hydrogen-bond acceptors (Lipinski definition) is 4. The van der Waals surface area contributed by atoms with Crippen LogP contribution in [0.1, 0.15) is 37.9 Å². The van der Waals surface area contributed by atoms with Crippen molar-refractivity contribution in [2.45, 2.75) is 45.1 Å². The van der Waals surface area contributed by atoms with Gasteiger partial charge >= 0.3 is 0 Å². The fourth-order valence-corrected chi connectivity index (χ4v) is 5.05. The average Bonchev–Trinajstić information content (AvgIpc) is 2.98. The Morgan fingerprint density at radius 1 is 1.22 bits per heavy atom. The lowest BCUT2D eigenvalue weighted by Gasteiger charge is -2.42. The maximum Gasteiger partial charge on any atom is 0.260 e. The number of rotatable bonds is 2. The quantitative estimate of drug-likeness (QED) is 0.819. The Bertz CT molecular complexity index is 919. The van der Waals surface area contributed by atoms with E-state index in [9.17, 15) is 4.79 Å². The number of nitrogens with two attached hydrogens (primary N) is 1. The van der Waals surface area contributed by atoms with Crippen LogP contribution in [0.25, 0.3) is 5.69 Å². The van der Waals surface area contributed by atoms with Crippen LogP contribution < -0.4 is 16.2 Å². The summed E-state index contributed by atoms with van der Waals surface area (Å²) in [5.74, 6) is 1.33. The third-order valence-corrected chi connectivity index (χ3v) is 7.11. The predicted molar refractivity (Wildman–Crippen MR) is 110 cm³/mol. The summed E-state index contributed by atoms with van der Waals surface area (Å²) < 4.78 is 1.51. The van der Waals surface area contributed by atoms with Gasteiger partial charge in [-0.2, -0.15) is 0 Å². The molecule has 0 radical (unpaired) electrons. The lowest BCUT2D eigenvalue weighted by molar-refractivity contribution is 0.197. The first-order valence-corrected chi connectivity index (χ1v) is 10.2. The Labute approximate surface area is 169 Å². The Morgan fingerprint density at radius 3 is 2.59 bits per heavy atom. The van der Waals surface area contributed by atoms with Crippen LogP contribution in [0.3, 0.4) is 0 Å². The van der Waals surface area contributed by atoms with Crippen molar-refractivity contribution in [2.24, 2.45) is 11.1 Å². The second kappa shape index (κ2) is 7.12. The Balaban J connectivity index is 1.61. The lowest BCUT2D eigenvalue weighted by atomic mass is 9.74. The molecule has 0 amide bonds. The van der Waals surface area contributed by atoms with E-state index in [4.69, 9.17) is 33.9 Å². The summed E-state index contributed by atoms with van der Waals surface area (Å²) in [7, 11) is 0. The van der Waals surface area contributed by atoms with Gasteiger partial charge in [0.1, 0.15) is 11.6 Å². The fourth-order valence-electron chi connectivity index (χ4n) is 4.67. The zero-order valence-corrected chi connectivity index (χ0v) is 16.9. The van der Waals surface area contributed by atoms with Crippen LogP contribution in [0.4, 0.5) is 5.82 Å². The van der Waals surface area contributed by atoms with Gasteiger partial charge in [-0.1, -0.05) is 35.7 Å². The monoisotopic (exact) mass is 406 g/mol. The Morgan fingerprint density at radius 2 is 1.96 bits per heavy atom. The standard InChI is InChI=1S/C20H24Cl2N4O/c1-13-24-17(25-10-8-20(9-11-25)7-3-6-16(20)23)12-18(27)26(13)15-5-2-4-14(21)19(15)22/h2,4-5,12,16H,3,6-11,23H2,1H3/t16-/m1/s1. The maximum absolute atomic E-state index is 12.8. The topological polar surface area (TPSA) is 64.2 Å². The second-order valence-corrected chi connectivity index (χ2v) is 8.54. The number of benzene rings is 1. The van der Waals surface area contributed by atoms with E-state index in [0.717, 1.165) is 38.2 Å². The normalized spacial score (nSPS) is 21.8. The van der Waals surface area contributed by atoms with Crippen LogP contribution in [0.15, 0.2) is 29.1 Å². The maximum atomic E-state index is 12.8. The largest absolute Gasteiger partial charge is 0.356 e. The second-order valence-electron chi connectivity index (χ2n) is 7.76. The molecule has 1 saturated heterocycles. The third-order valence-electron chi connectivity index (χ3n) is 6.30. The summed E-state index contributed by atoms with van der Waals surface area (Å²) in [6.07, 6.45) is 5.72. The Hall–Kier alpha value is -1.56. The molecule has 4 rings (SSSR count). The van der Waals surface area contributed by atoms with Crippen molar-refractivity contribution in [1.82, 2.24) is 9.55 Å². The van der Waals surface area contributed by atoms with E-state index < -0.39 is 0 Å². The van der Waals surface area contributed by atoms with Crippen molar-refractivity contribution in [3.8, 4) is 5.69 Å². The molecule has 1 aromatic carbocycles. The van der Waals surface area contributed by atoms with Gasteiger partial charge in [-0.05, 0) is 50.2 Å². The molecule has 7 heteroatoms. The van der Waals surface area contributed by atoms with Gasteiger partial charge in [-0.25, -0.2) is 4.98 Å². The number of anilines is 1. The van der Waals surface area contributed by atoms with Gasteiger partial charge in [0.05, 0.1) is 15.7 Å². The highest BCUT2D eigenvalue weighted by atomic mass is 35.5. The van der Waals surface area contributed by atoms with E-state index >= 15 is 0 Å². The molecule has 2 aromatic rings. The lowest BCUT2D eigenvalue weighted by Crippen LogP contribution is -2.47. The number of hydrogen-bond donors (Lipinski definition) is 1. The summed E-state index contributed by atoms with van der Waals surface area (Å²) in [6.45, 7) is 3.60. The molecular formula is C20H24Cl2N4O. The van der Waals surface area contributed by atoms with Crippen molar-refractivity contribution < 1.29 is 0 Å². The van der Waals surface area contributed by atoms with Crippen LogP contribution in [-0.4, -0.2) is 28.7 Å². The van der Waals surface area contributed by atoms with Crippen molar-refractivity contribution in [3.05, 3.63) is 50.5 Å². The van der Waals surface area contributed by atoms with Gasteiger partial charge < -0.3 is 10.6 Å².